The minimum Gasteiger partial charge on any atom is -0.358 e. The standard InChI is InChI=1S/C9H10NO/c1-2-4-8(5-3-1)9-10-6-7-11-9/h1-4,9-10H,6-7H2. The smallest absolute Gasteiger partial charge is 0.135 e. The van der Waals surface area contributed by atoms with Gasteiger partial charge < -0.3 is 4.74 Å². The number of hydrogen-bond acceptors (Lipinski definition) is 2. The van der Waals surface area contributed by atoms with E-state index in [0.29, 0.717) is 0 Å². The lowest BCUT2D eigenvalue weighted by molar-refractivity contribution is 0.102. The molecule has 1 aliphatic rings. The van der Waals surface area contributed by atoms with E-state index in [2.05, 4.69) is 11.4 Å². The molecule has 2 heteroatoms. The fourth-order valence-corrected chi connectivity index (χ4v) is 1.20. The fraction of sp³-hybridized carbons (Fsp3) is 0.333. The van der Waals surface area contributed by atoms with Crippen LogP contribution in [0.15, 0.2) is 24.3 Å². The van der Waals surface area contributed by atoms with Gasteiger partial charge in [-0.1, -0.05) is 24.3 Å². The molecule has 11 heavy (non-hydrogen) atoms. The molecule has 57 valence electrons. The molecule has 1 heterocycles. The van der Waals surface area contributed by atoms with Crippen LogP contribution in [0.4, 0.5) is 0 Å². The first kappa shape index (κ1) is 6.83. The van der Waals surface area contributed by atoms with E-state index in [1.54, 1.807) is 0 Å². The molecule has 0 saturated carbocycles. The molecule has 2 rings (SSSR count). The van der Waals surface area contributed by atoms with Crippen molar-refractivity contribution in [3.05, 3.63) is 35.9 Å². The number of benzene rings is 1. The third-order valence-electron chi connectivity index (χ3n) is 1.73. The first-order valence-electron chi connectivity index (χ1n) is 3.78. The Kier molecular flexibility index (Phi) is 1.88. The molecule has 1 aromatic carbocycles. The molecule has 2 nitrogen and oxygen atoms in total. The van der Waals surface area contributed by atoms with Gasteiger partial charge in [0.2, 0.25) is 0 Å². The second-order valence-corrected chi connectivity index (χ2v) is 2.52. The normalized spacial score (nSPS) is 23.8. The first-order valence-corrected chi connectivity index (χ1v) is 3.78. The van der Waals surface area contributed by atoms with Gasteiger partial charge in [-0.05, 0) is 6.07 Å². The van der Waals surface area contributed by atoms with Crippen molar-refractivity contribution in [2.75, 3.05) is 13.2 Å². The van der Waals surface area contributed by atoms with Crippen LogP contribution in [-0.4, -0.2) is 13.2 Å². The predicted octanol–water partition coefficient (Wildman–Crippen LogP) is 1.11. The number of nitrogens with one attached hydrogen (secondary N) is 1. The molecule has 1 unspecified atom stereocenters. The Morgan fingerprint density at radius 2 is 2.55 bits per heavy atom. The van der Waals surface area contributed by atoms with E-state index in [-0.39, 0.29) is 6.23 Å². The minimum absolute atomic E-state index is 0.0659. The molecule has 0 aliphatic carbocycles. The molecular weight excluding hydrogens is 138 g/mol. The van der Waals surface area contributed by atoms with E-state index in [9.17, 15) is 0 Å². The van der Waals surface area contributed by atoms with Gasteiger partial charge in [0.1, 0.15) is 6.23 Å². The zero-order valence-corrected chi connectivity index (χ0v) is 6.21. The predicted molar refractivity (Wildman–Crippen MR) is 42.0 cm³/mol. The van der Waals surface area contributed by atoms with Gasteiger partial charge in [0, 0.05) is 12.1 Å². The molecule has 1 atom stereocenters. The van der Waals surface area contributed by atoms with Crippen LogP contribution in [0, 0.1) is 6.07 Å². The average Bonchev–Trinajstić information content (AvgIpc) is 2.58. The quantitative estimate of drug-likeness (QED) is 0.644. The minimum atomic E-state index is 0.0659. The molecular formula is C9H10NO. The molecule has 0 spiro atoms. The Bertz CT molecular complexity index is 216. The number of hydrogen-bond donors (Lipinski definition) is 1. The Balaban J connectivity index is 2.16. The highest BCUT2D eigenvalue weighted by Gasteiger charge is 2.15. The van der Waals surface area contributed by atoms with Gasteiger partial charge in [-0.15, -0.1) is 0 Å². The van der Waals surface area contributed by atoms with Crippen LogP contribution in [-0.2, 0) is 4.74 Å². The van der Waals surface area contributed by atoms with Crippen LogP contribution in [0.3, 0.4) is 0 Å². The van der Waals surface area contributed by atoms with Crippen molar-refractivity contribution in [1.82, 2.24) is 5.32 Å². The van der Waals surface area contributed by atoms with Crippen molar-refractivity contribution < 1.29 is 4.74 Å². The maximum Gasteiger partial charge on any atom is 0.135 e. The van der Waals surface area contributed by atoms with E-state index < -0.39 is 0 Å². The fourth-order valence-electron chi connectivity index (χ4n) is 1.20. The third kappa shape index (κ3) is 1.42. The SMILES string of the molecule is [c]1ccccc1C1NCCO1. The number of rotatable bonds is 1. The van der Waals surface area contributed by atoms with Crippen molar-refractivity contribution in [3.8, 4) is 0 Å². The van der Waals surface area contributed by atoms with Gasteiger partial charge in [0.15, 0.2) is 0 Å². The highest BCUT2D eigenvalue weighted by molar-refractivity contribution is 5.15. The van der Waals surface area contributed by atoms with Crippen molar-refractivity contribution in [1.29, 1.82) is 0 Å². The Morgan fingerprint density at radius 1 is 1.55 bits per heavy atom. The summed E-state index contributed by atoms with van der Waals surface area (Å²) < 4.78 is 5.40. The zero-order valence-electron chi connectivity index (χ0n) is 6.21. The average molecular weight is 148 g/mol. The van der Waals surface area contributed by atoms with Crippen molar-refractivity contribution in [3.63, 3.8) is 0 Å². The maximum atomic E-state index is 5.40. The van der Waals surface area contributed by atoms with Crippen LogP contribution >= 0.6 is 0 Å². The third-order valence-corrected chi connectivity index (χ3v) is 1.73. The van der Waals surface area contributed by atoms with Gasteiger partial charge in [-0.2, -0.15) is 0 Å². The lowest BCUT2D eigenvalue weighted by Gasteiger charge is -2.08. The van der Waals surface area contributed by atoms with Crippen molar-refractivity contribution in [2.24, 2.45) is 0 Å². The van der Waals surface area contributed by atoms with Gasteiger partial charge in [-0.3, -0.25) is 5.32 Å². The topological polar surface area (TPSA) is 21.3 Å². The summed E-state index contributed by atoms with van der Waals surface area (Å²) in [5.74, 6) is 0. The molecule has 0 amide bonds. The van der Waals surface area contributed by atoms with Crippen molar-refractivity contribution >= 4 is 0 Å². The van der Waals surface area contributed by atoms with Gasteiger partial charge in [-0.25, -0.2) is 0 Å². The number of ether oxygens (including phenoxy) is 1. The first-order chi connectivity index (χ1) is 5.47. The monoisotopic (exact) mass is 148 g/mol. The molecule has 1 N–H and O–H groups in total. The molecule has 1 saturated heterocycles. The summed E-state index contributed by atoms with van der Waals surface area (Å²) in [6.45, 7) is 1.74. The highest BCUT2D eigenvalue weighted by atomic mass is 16.5. The van der Waals surface area contributed by atoms with Crippen LogP contribution in [0.25, 0.3) is 0 Å². The summed E-state index contributed by atoms with van der Waals surface area (Å²) in [7, 11) is 0. The Hall–Kier alpha value is -0.860. The second-order valence-electron chi connectivity index (χ2n) is 2.52. The van der Waals surface area contributed by atoms with E-state index in [4.69, 9.17) is 4.74 Å². The second kappa shape index (κ2) is 3.03. The van der Waals surface area contributed by atoms with E-state index >= 15 is 0 Å². The van der Waals surface area contributed by atoms with E-state index in [1.807, 2.05) is 24.3 Å². The molecule has 1 radical (unpaired) electrons. The zero-order chi connectivity index (χ0) is 7.52. The van der Waals surface area contributed by atoms with Gasteiger partial charge >= 0.3 is 0 Å². The Labute approximate surface area is 66.2 Å². The Morgan fingerprint density at radius 3 is 3.18 bits per heavy atom. The van der Waals surface area contributed by atoms with E-state index in [1.165, 1.54) is 0 Å². The lowest BCUT2D eigenvalue weighted by Crippen LogP contribution is -2.13. The summed E-state index contributed by atoms with van der Waals surface area (Å²) in [6.07, 6.45) is 0.0659. The van der Waals surface area contributed by atoms with Gasteiger partial charge in [0.25, 0.3) is 0 Å². The molecule has 0 aromatic heterocycles. The van der Waals surface area contributed by atoms with Crippen LogP contribution in [0.5, 0.6) is 0 Å². The van der Waals surface area contributed by atoms with Gasteiger partial charge in [0.05, 0.1) is 6.61 Å². The van der Waals surface area contributed by atoms with Crippen molar-refractivity contribution in [2.45, 2.75) is 6.23 Å². The highest BCUT2D eigenvalue weighted by Crippen LogP contribution is 2.15. The largest absolute Gasteiger partial charge is 0.358 e. The van der Waals surface area contributed by atoms with Crippen LogP contribution in [0.2, 0.25) is 0 Å². The van der Waals surface area contributed by atoms with Crippen LogP contribution < -0.4 is 5.32 Å². The molecule has 1 aromatic rings. The summed E-state index contributed by atoms with van der Waals surface area (Å²) in [4.78, 5) is 0. The van der Waals surface area contributed by atoms with E-state index in [0.717, 1.165) is 18.7 Å². The summed E-state index contributed by atoms with van der Waals surface area (Å²) >= 11 is 0. The molecule has 1 fully saturated rings. The summed E-state index contributed by atoms with van der Waals surface area (Å²) in [6, 6.07) is 11.0. The maximum absolute atomic E-state index is 5.40. The van der Waals surface area contributed by atoms with Crippen LogP contribution in [0.1, 0.15) is 11.8 Å². The summed E-state index contributed by atoms with van der Waals surface area (Å²) in [5.41, 5.74) is 1.09. The summed E-state index contributed by atoms with van der Waals surface area (Å²) in [5, 5.41) is 3.22. The molecule has 0 bridgehead atoms. The lowest BCUT2D eigenvalue weighted by atomic mass is 10.2. The molecule has 1 aliphatic heterocycles.